The predicted molar refractivity (Wildman–Crippen MR) is 100 cm³/mol. The first-order chi connectivity index (χ1) is 11.9. The highest BCUT2D eigenvalue weighted by atomic mass is 14.3. The Morgan fingerprint density at radius 2 is 0.958 bits per heavy atom. The van der Waals surface area contributed by atoms with E-state index in [1.807, 2.05) is 0 Å². The summed E-state index contributed by atoms with van der Waals surface area (Å²) in [5.74, 6) is 0. The van der Waals surface area contributed by atoms with Crippen molar-refractivity contribution < 1.29 is 0 Å². The van der Waals surface area contributed by atoms with Crippen LogP contribution in [0.4, 0.5) is 0 Å². The van der Waals surface area contributed by atoms with E-state index in [9.17, 15) is 0 Å². The Balaban J connectivity index is 1.81. The normalized spacial score (nSPS) is 13.5. The molecule has 0 heterocycles. The molecule has 4 aromatic rings. The van der Waals surface area contributed by atoms with Gasteiger partial charge >= 0.3 is 0 Å². The van der Waals surface area contributed by atoms with Crippen LogP contribution in [-0.2, 0) is 12.8 Å². The van der Waals surface area contributed by atoms with Gasteiger partial charge in [0.1, 0.15) is 0 Å². The van der Waals surface area contributed by atoms with Gasteiger partial charge in [-0.05, 0) is 68.1 Å². The maximum atomic E-state index is 2.32. The lowest BCUT2D eigenvalue weighted by Crippen LogP contribution is -1.88. The highest BCUT2D eigenvalue weighted by molar-refractivity contribution is 6.11. The van der Waals surface area contributed by atoms with Gasteiger partial charge in [0.05, 0.1) is 0 Å². The fourth-order valence-electron chi connectivity index (χ4n) is 4.66. The van der Waals surface area contributed by atoms with Crippen LogP contribution >= 0.6 is 0 Å². The first kappa shape index (κ1) is 12.5. The minimum absolute atomic E-state index is 1.06. The lowest BCUT2D eigenvalue weighted by atomic mass is 9.91. The topological polar surface area (TPSA) is 0 Å². The zero-order valence-electron chi connectivity index (χ0n) is 13.3. The Labute approximate surface area is 141 Å². The summed E-state index contributed by atoms with van der Waals surface area (Å²) in [7, 11) is 0. The highest BCUT2D eigenvalue weighted by Gasteiger charge is 2.26. The zero-order chi connectivity index (χ0) is 15.7. The van der Waals surface area contributed by atoms with Crippen LogP contribution in [0.1, 0.15) is 22.3 Å². The summed E-state index contributed by atoms with van der Waals surface area (Å²) in [6.45, 7) is 0. The van der Waals surface area contributed by atoms with Gasteiger partial charge in [-0.1, -0.05) is 72.8 Å². The summed E-state index contributed by atoms with van der Waals surface area (Å²) >= 11 is 0. The number of hydrogen-bond donors (Lipinski definition) is 0. The molecule has 0 atom stereocenters. The molecule has 112 valence electrons. The summed E-state index contributed by atoms with van der Waals surface area (Å²) in [4.78, 5) is 0. The summed E-state index contributed by atoms with van der Waals surface area (Å²) in [5.41, 5.74) is 11.7. The Morgan fingerprint density at radius 1 is 0.458 bits per heavy atom. The Kier molecular flexibility index (Phi) is 2.28. The van der Waals surface area contributed by atoms with E-state index in [1.165, 1.54) is 55.3 Å². The van der Waals surface area contributed by atoms with Gasteiger partial charge in [-0.15, -0.1) is 0 Å². The first-order valence-electron chi connectivity index (χ1n) is 8.64. The second kappa shape index (κ2) is 4.36. The van der Waals surface area contributed by atoms with E-state index in [4.69, 9.17) is 0 Å². The number of hydrogen-bond acceptors (Lipinski definition) is 0. The van der Waals surface area contributed by atoms with Crippen LogP contribution in [0.3, 0.4) is 0 Å². The van der Waals surface area contributed by atoms with Crippen LogP contribution in [0.2, 0.25) is 0 Å². The van der Waals surface area contributed by atoms with Gasteiger partial charge < -0.3 is 0 Å². The molecule has 0 spiro atoms. The average molecular weight is 304 g/mol. The Morgan fingerprint density at radius 3 is 1.50 bits per heavy atom. The highest BCUT2D eigenvalue weighted by Crippen LogP contribution is 2.48. The lowest BCUT2D eigenvalue weighted by molar-refractivity contribution is 1.26. The molecular weight excluding hydrogens is 288 g/mol. The van der Waals surface area contributed by atoms with Gasteiger partial charge in [-0.2, -0.15) is 0 Å². The molecule has 0 bridgehead atoms. The predicted octanol–water partition coefficient (Wildman–Crippen LogP) is 5.98. The number of benzene rings is 4. The molecule has 0 N–H and O–H groups in total. The van der Waals surface area contributed by atoms with Crippen molar-refractivity contribution in [2.45, 2.75) is 12.8 Å². The largest absolute Gasteiger partial charge is 0.0619 e. The van der Waals surface area contributed by atoms with Gasteiger partial charge in [0.15, 0.2) is 0 Å². The first-order valence-corrected chi connectivity index (χ1v) is 8.64. The third-order valence-electron chi connectivity index (χ3n) is 5.69. The molecule has 0 saturated carbocycles. The zero-order valence-corrected chi connectivity index (χ0v) is 13.3. The molecule has 24 heavy (non-hydrogen) atoms. The second-order valence-corrected chi connectivity index (χ2v) is 6.97. The van der Waals surface area contributed by atoms with E-state index < -0.39 is 0 Å². The monoisotopic (exact) mass is 304 g/mol. The molecule has 0 amide bonds. The molecule has 0 aliphatic heterocycles. The van der Waals surface area contributed by atoms with Crippen molar-refractivity contribution >= 4 is 10.8 Å². The molecule has 0 nitrogen and oxygen atoms in total. The third kappa shape index (κ3) is 1.48. The van der Waals surface area contributed by atoms with Crippen molar-refractivity contribution in [3.05, 3.63) is 95.1 Å². The van der Waals surface area contributed by atoms with E-state index in [2.05, 4.69) is 72.8 Å². The van der Waals surface area contributed by atoms with Gasteiger partial charge in [0.25, 0.3) is 0 Å². The van der Waals surface area contributed by atoms with Gasteiger partial charge in [-0.25, -0.2) is 0 Å². The van der Waals surface area contributed by atoms with Crippen molar-refractivity contribution in [3.63, 3.8) is 0 Å². The summed E-state index contributed by atoms with van der Waals surface area (Å²) in [5, 5.41) is 2.82. The van der Waals surface area contributed by atoms with Crippen molar-refractivity contribution in [1.82, 2.24) is 0 Å². The maximum absolute atomic E-state index is 2.32. The van der Waals surface area contributed by atoms with E-state index >= 15 is 0 Å². The van der Waals surface area contributed by atoms with Gasteiger partial charge in [-0.3, -0.25) is 0 Å². The Hall–Kier alpha value is -2.86. The minimum atomic E-state index is 1.06. The summed E-state index contributed by atoms with van der Waals surface area (Å²) in [6.07, 6.45) is 2.12. The standard InChI is InChI=1S/C24H16/c1-3-7-20-16(5-1)13-18-11-9-15-10-12-19-14-17-6-2-4-8-21(17)23(19)24(15)22(18)20/h1-12H,13-14H2. The summed E-state index contributed by atoms with van der Waals surface area (Å²) < 4.78 is 0. The second-order valence-electron chi connectivity index (χ2n) is 6.97. The fourth-order valence-corrected chi connectivity index (χ4v) is 4.66. The van der Waals surface area contributed by atoms with Crippen molar-refractivity contribution in [2.75, 3.05) is 0 Å². The maximum Gasteiger partial charge on any atom is -0.00132 e. The van der Waals surface area contributed by atoms with Crippen LogP contribution in [-0.4, -0.2) is 0 Å². The van der Waals surface area contributed by atoms with Crippen LogP contribution in [0, 0.1) is 0 Å². The van der Waals surface area contributed by atoms with E-state index in [-0.39, 0.29) is 0 Å². The third-order valence-corrected chi connectivity index (χ3v) is 5.69. The molecule has 0 radical (unpaired) electrons. The molecule has 6 rings (SSSR count). The average Bonchev–Trinajstić information content (AvgIpc) is 3.19. The van der Waals surface area contributed by atoms with Crippen molar-refractivity contribution in [1.29, 1.82) is 0 Å². The quantitative estimate of drug-likeness (QED) is 0.324. The molecule has 0 fully saturated rings. The van der Waals surface area contributed by atoms with E-state index in [0.29, 0.717) is 0 Å². The molecular formula is C24H16. The number of fused-ring (bicyclic) bond motifs is 9. The molecule has 4 aromatic carbocycles. The van der Waals surface area contributed by atoms with Gasteiger partial charge in [0.2, 0.25) is 0 Å². The Bertz CT molecular complexity index is 1060. The fraction of sp³-hybridized carbons (Fsp3) is 0.0833. The van der Waals surface area contributed by atoms with Crippen LogP contribution in [0.25, 0.3) is 33.0 Å². The minimum Gasteiger partial charge on any atom is -0.0619 e. The smallest absolute Gasteiger partial charge is 0.00132 e. The van der Waals surface area contributed by atoms with E-state index in [0.717, 1.165) is 12.8 Å². The van der Waals surface area contributed by atoms with E-state index in [1.54, 1.807) is 0 Å². The molecule has 0 saturated heterocycles. The summed E-state index contributed by atoms with van der Waals surface area (Å²) in [6, 6.07) is 27.1. The number of rotatable bonds is 0. The molecule has 0 heteroatoms. The van der Waals surface area contributed by atoms with Crippen molar-refractivity contribution in [3.8, 4) is 22.3 Å². The van der Waals surface area contributed by atoms with Crippen molar-refractivity contribution in [2.24, 2.45) is 0 Å². The van der Waals surface area contributed by atoms with Gasteiger partial charge in [0, 0.05) is 0 Å². The van der Waals surface area contributed by atoms with Crippen LogP contribution < -0.4 is 0 Å². The molecule has 2 aliphatic rings. The molecule has 2 aliphatic carbocycles. The lowest BCUT2D eigenvalue weighted by Gasteiger charge is -2.13. The SMILES string of the molecule is c1ccc2c(c1)Cc1ccc3ccc4c(c3c1-2)-c1ccccc1C4. The molecule has 0 aromatic heterocycles. The molecule has 0 unspecified atom stereocenters. The van der Waals surface area contributed by atoms with Crippen LogP contribution in [0.15, 0.2) is 72.8 Å². The van der Waals surface area contributed by atoms with Crippen LogP contribution in [0.5, 0.6) is 0 Å².